The maximum Gasteiger partial charge on any atom is 0.143 e. The molecule has 0 heterocycles. The lowest BCUT2D eigenvalue weighted by Gasteiger charge is -1.69. The third-order valence-corrected chi connectivity index (χ3v) is 0.391. The first-order valence-electron chi connectivity index (χ1n) is 1.59. The zero-order valence-corrected chi connectivity index (χ0v) is 4.29. The Balaban J connectivity index is 3.73. The zero-order valence-electron chi connectivity index (χ0n) is 3.53. The van der Waals surface area contributed by atoms with Gasteiger partial charge in [-0.2, -0.15) is 0 Å². The lowest BCUT2D eigenvalue weighted by molar-refractivity contribution is 1.54. The quantitative estimate of drug-likeness (QED) is 0.362. The van der Waals surface area contributed by atoms with Gasteiger partial charge >= 0.3 is 0 Å². The van der Waals surface area contributed by atoms with Gasteiger partial charge in [0.15, 0.2) is 0 Å². The molecule has 0 atom stereocenters. The summed E-state index contributed by atoms with van der Waals surface area (Å²) in [5, 5.41) is 0.206. The fourth-order valence-corrected chi connectivity index (χ4v) is 0.247. The van der Waals surface area contributed by atoms with Crippen molar-refractivity contribution in [1.29, 1.82) is 0 Å². The van der Waals surface area contributed by atoms with Crippen LogP contribution >= 0.6 is 11.6 Å². The topological polar surface area (TPSA) is 26.0 Å². The molecule has 0 spiro atoms. The van der Waals surface area contributed by atoms with E-state index in [0.29, 0.717) is 0 Å². The fraction of sp³-hybridized carbons (Fsp3) is 0.250. The smallest absolute Gasteiger partial charge is 0.143 e. The maximum absolute atomic E-state index is 5.13. The second-order valence-corrected chi connectivity index (χ2v) is 1.19. The summed E-state index contributed by atoms with van der Waals surface area (Å²) in [5.41, 5.74) is 7.49. The van der Waals surface area contributed by atoms with Gasteiger partial charge in [0.05, 0.1) is 0 Å². The number of allylic oxidation sites excluding steroid dienone is 1. The average molecular weight is 104 g/mol. The highest BCUT2D eigenvalue weighted by Gasteiger charge is 1.63. The van der Waals surface area contributed by atoms with E-state index in [0.717, 1.165) is 0 Å². The zero-order chi connectivity index (χ0) is 4.99. The van der Waals surface area contributed by atoms with Gasteiger partial charge in [0.25, 0.3) is 0 Å². The number of halogens is 1. The molecule has 0 aliphatic rings. The van der Waals surface area contributed by atoms with Crippen molar-refractivity contribution in [3.05, 3.63) is 17.0 Å². The second-order valence-electron chi connectivity index (χ2n) is 0.781. The SMILES string of the molecule is CC=C=C(N)Cl. The largest absolute Gasteiger partial charge is 0.383 e. The molecular weight excluding hydrogens is 97.5 g/mol. The minimum absolute atomic E-state index is 0.206. The minimum atomic E-state index is 0.206. The van der Waals surface area contributed by atoms with Gasteiger partial charge in [0.2, 0.25) is 0 Å². The van der Waals surface area contributed by atoms with Crippen molar-refractivity contribution in [2.24, 2.45) is 5.73 Å². The van der Waals surface area contributed by atoms with Crippen LogP contribution < -0.4 is 5.73 Å². The minimum Gasteiger partial charge on any atom is -0.383 e. The Morgan fingerprint density at radius 3 is 2.50 bits per heavy atom. The summed E-state index contributed by atoms with van der Waals surface area (Å²) in [7, 11) is 0. The van der Waals surface area contributed by atoms with E-state index in [-0.39, 0.29) is 5.16 Å². The summed E-state index contributed by atoms with van der Waals surface area (Å²) in [5.74, 6) is 0. The van der Waals surface area contributed by atoms with Gasteiger partial charge < -0.3 is 5.73 Å². The maximum atomic E-state index is 5.13. The number of hydrogen-bond acceptors (Lipinski definition) is 1. The Bertz CT molecular complexity index is 85.7. The number of hydrogen-bond donors (Lipinski definition) is 1. The third-order valence-electron chi connectivity index (χ3n) is 0.282. The lowest BCUT2D eigenvalue weighted by atomic mass is 10.7. The Labute approximate surface area is 42.1 Å². The van der Waals surface area contributed by atoms with Gasteiger partial charge in [-0.25, -0.2) is 0 Å². The van der Waals surface area contributed by atoms with Gasteiger partial charge in [0.1, 0.15) is 5.16 Å². The lowest BCUT2D eigenvalue weighted by Crippen LogP contribution is -1.81. The number of rotatable bonds is 0. The highest BCUT2D eigenvalue weighted by molar-refractivity contribution is 6.28. The molecule has 0 aromatic carbocycles. The second kappa shape index (κ2) is 2.83. The molecule has 0 saturated carbocycles. The van der Waals surface area contributed by atoms with Gasteiger partial charge in [0, 0.05) is 0 Å². The van der Waals surface area contributed by atoms with Crippen LogP contribution in [0.1, 0.15) is 6.92 Å². The molecule has 1 nitrogen and oxygen atoms in total. The van der Waals surface area contributed by atoms with Crippen molar-refractivity contribution in [3.63, 3.8) is 0 Å². The summed E-state index contributed by atoms with van der Waals surface area (Å²) in [6.07, 6.45) is 1.66. The summed E-state index contributed by atoms with van der Waals surface area (Å²) in [6.45, 7) is 1.80. The Kier molecular flexibility index (Phi) is 2.64. The van der Waals surface area contributed by atoms with Crippen LogP contribution in [-0.4, -0.2) is 0 Å². The summed E-state index contributed by atoms with van der Waals surface area (Å²) in [4.78, 5) is 0. The van der Waals surface area contributed by atoms with E-state index in [1.54, 1.807) is 13.0 Å². The van der Waals surface area contributed by atoms with E-state index < -0.39 is 0 Å². The predicted molar refractivity (Wildman–Crippen MR) is 27.3 cm³/mol. The monoisotopic (exact) mass is 103 g/mol. The molecule has 0 unspecified atom stereocenters. The Morgan fingerprint density at radius 1 is 2.00 bits per heavy atom. The molecule has 0 amide bonds. The summed E-state index contributed by atoms with van der Waals surface area (Å²) >= 11 is 5.13. The first-order chi connectivity index (χ1) is 2.77. The van der Waals surface area contributed by atoms with Crippen molar-refractivity contribution in [1.82, 2.24) is 0 Å². The van der Waals surface area contributed by atoms with E-state index in [1.165, 1.54) is 0 Å². The van der Waals surface area contributed by atoms with Crippen LogP contribution in [0.15, 0.2) is 17.0 Å². The molecule has 0 radical (unpaired) electrons. The van der Waals surface area contributed by atoms with Gasteiger partial charge in [-0.15, -0.1) is 0 Å². The molecule has 6 heavy (non-hydrogen) atoms. The molecule has 34 valence electrons. The standard InChI is InChI=1S/C4H6ClN/c1-2-3-4(5)6/h2H,6H2,1H3. The van der Waals surface area contributed by atoms with E-state index in [4.69, 9.17) is 17.3 Å². The van der Waals surface area contributed by atoms with E-state index in [1.807, 2.05) is 0 Å². The summed E-state index contributed by atoms with van der Waals surface area (Å²) in [6, 6.07) is 0. The van der Waals surface area contributed by atoms with Crippen LogP contribution in [0.4, 0.5) is 0 Å². The van der Waals surface area contributed by atoms with Gasteiger partial charge in [-0.05, 0) is 13.0 Å². The first kappa shape index (κ1) is 5.61. The van der Waals surface area contributed by atoms with E-state index in [2.05, 4.69) is 5.73 Å². The molecule has 0 rings (SSSR count). The van der Waals surface area contributed by atoms with Crippen molar-refractivity contribution >= 4 is 11.6 Å². The highest BCUT2D eigenvalue weighted by Crippen LogP contribution is 1.82. The van der Waals surface area contributed by atoms with Crippen LogP contribution in [0.25, 0.3) is 0 Å². The molecule has 0 saturated heterocycles. The molecule has 0 aliphatic heterocycles. The van der Waals surface area contributed by atoms with Crippen molar-refractivity contribution < 1.29 is 0 Å². The third kappa shape index (κ3) is 3.61. The van der Waals surface area contributed by atoms with Crippen LogP contribution in [0, 0.1) is 0 Å². The predicted octanol–water partition coefficient (Wildman–Crippen LogP) is 1.20. The molecule has 0 aliphatic carbocycles. The first-order valence-corrected chi connectivity index (χ1v) is 1.97. The fourth-order valence-electron chi connectivity index (χ4n) is 0.138. The van der Waals surface area contributed by atoms with Crippen LogP contribution in [0.3, 0.4) is 0 Å². The normalized spacial score (nSPS) is 6.33. The van der Waals surface area contributed by atoms with Gasteiger partial charge in [-0.3, -0.25) is 0 Å². The van der Waals surface area contributed by atoms with Crippen molar-refractivity contribution in [2.45, 2.75) is 6.92 Å². The van der Waals surface area contributed by atoms with E-state index >= 15 is 0 Å². The van der Waals surface area contributed by atoms with Crippen LogP contribution in [-0.2, 0) is 0 Å². The van der Waals surface area contributed by atoms with Crippen LogP contribution in [0.5, 0.6) is 0 Å². The average Bonchev–Trinajstić information content (AvgIpc) is 1.35. The Hall–Kier alpha value is -0.390. The highest BCUT2D eigenvalue weighted by atomic mass is 35.5. The molecule has 0 aromatic rings. The molecule has 0 aromatic heterocycles. The van der Waals surface area contributed by atoms with Crippen LogP contribution in [0.2, 0.25) is 0 Å². The van der Waals surface area contributed by atoms with Crippen molar-refractivity contribution in [3.8, 4) is 0 Å². The van der Waals surface area contributed by atoms with Crippen molar-refractivity contribution in [2.75, 3.05) is 0 Å². The molecular formula is C4H6ClN. The van der Waals surface area contributed by atoms with Gasteiger partial charge in [-0.1, -0.05) is 17.3 Å². The Morgan fingerprint density at radius 2 is 2.50 bits per heavy atom. The molecule has 0 bridgehead atoms. The molecule has 2 heteroatoms. The van der Waals surface area contributed by atoms with E-state index in [9.17, 15) is 0 Å². The number of nitrogens with two attached hydrogens (primary N) is 1. The summed E-state index contributed by atoms with van der Waals surface area (Å²) < 4.78 is 0. The molecule has 0 fully saturated rings. The molecule has 2 N–H and O–H groups in total.